The van der Waals surface area contributed by atoms with Crippen molar-refractivity contribution in [3.05, 3.63) is 29.8 Å². The summed E-state index contributed by atoms with van der Waals surface area (Å²) in [6.45, 7) is 5.75. The van der Waals surface area contributed by atoms with E-state index in [9.17, 15) is 0 Å². The van der Waals surface area contributed by atoms with Crippen LogP contribution in [0.15, 0.2) is 24.3 Å². The number of morpholine rings is 1. The first-order valence-electron chi connectivity index (χ1n) is 6.58. The summed E-state index contributed by atoms with van der Waals surface area (Å²) >= 11 is 0. The first-order valence-corrected chi connectivity index (χ1v) is 6.58. The summed E-state index contributed by atoms with van der Waals surface area (Å²) in [5.74, 6) is 0. The van der Waals surface area contributed by atoms with E-state index >= 15 is 0 Å². The molecule has 0 bridgehead atoms. The van der Waals surface area contributed by atoms with Crippen molar-refractivity contribution in [3.8, 4) is 0 Å². The number of ether oxygens (including phenoxy) is 2. The normalized spacial score (nSPS) is 16.5. The van der Waals surface area contributed by atoms with Gasteiger partial charge in [-0.15, -0.1) is 0 Å². The molecule has 0 saturated carbocycles. The Labute approximate surface area is 113 Å². The molecule has 5 nitrogen and oxygen atoms in total. The molecule has 0 spiro atoms. The Bertz CT molecular complexity index is 365. The highest BCUT2D eigenvalue weighted by atomic mass is 16.5. The molecule has 1 saturated heterocycles. The average molecular weight is 265 g/mol. The van der Waals surface area contributed by atoms with Crippen molar-refractivity contribution >= 4 is 12.6 Å². The number of hydrogen-bond donors (Lipinski definition) is 2. The molecule has 104 valence electrons. The zero-order chi connectivity index (χ0) is 13.5. The fourth-order valence-corrected chi connectivity index (χ4v) is 1.99. The molecule has 2 N–H and O–H groups in total. The molecule has 1 fully saturated rings. The van der Waals surface area contributed by atoms with Crippen molar-refractivity contribution in [2.75, 3.05) is 39.5 Å². The molecule has 19 heavy (non-hydrogen) atoms. The zero-order valence-corrected chi connectivity index (χ0v) is 11.0. The third kappa shape index (κ3) is 4.93. The summed E-state index contributed by atoms with van der Waals surface area (Å²) in [6, 6.07) is 7.10. The highest BCUT2D eigenvalue weighted by Crippen LogP contribution is 2.01. The first kappa shape index (κ1) is 14.5. The van der Waals surface area contributed by atoms with E-state index in [1.807, 2.05) is 12.1 Å². The molecule has 0 aromatic heterocycles. The van der Waals surface area contributed by atoms with Crippen LogP contribution in [0.25, 0.3) is 0 Å². The summed E-state index contributed by atoms with van der Waals surface area (Å²) in [5.41, 5.74) is 1.53. The molecule has 0 atom stereocenters. The lowest BCUT2D eigenvalue weighted by Gasteiger charge is -2.26. The predicted octanol–water partition coefficient (Wildman–Crippen LogP) is -0.785. The van der Waals surface area contributed by atoms with Crippen LogP contribution in [0.1, 0.15) is 5.56 Å². The molecule has 2 rings (SSSR count). The topological polar surface area (TPSA) is 62.2 Å². The second-order valence-corrected chi connectivity index (χ2v) is 4.62. The van der Waals surface area contributed by atoms with Gasteiger partial charge in [0.1, 0.15) is 0 Å². The molecule has 1 aliphatic heterocycles. The Balaban J connectivity index is 1.64. The molecular formula is C13H20BNO4. The van der Waals surface area contributed by atoms with Crippen LogP contribution in [0.5, 0.6) is 0 Å². The Hall–Kier alpha value is -0.915. The SMILES string of the molecule is OB(O)c1ccc(COCCN2CCOCC2)cc1. The summed E-state index contributed by atoms with van der Waals surface area (Å²) < 4.78 is 10.9. The van der Waals surface area contributed by atoms with Crippen LogP contribution in [0.2, 0.25) is 0 Å². The van der Waals surface area contributed by atoms with Gasteiger partial charge in [-0.1, -0.05) is 24.3 Å². The maximum Gasteiger partial charge on any atom is 0.488 e. The van der Waals surface area contributed by atoms with Crippen LogP contribution in [-0.2, 0) is 16.1 Å². The van der Waals surface area contributed by atoms with Gasteiger partial charge in [0.05, 0.1) is 26.4 Å². The van der Waals surface area contributed by atoms with Gasteiger partial charge >= 0.3 is 7.12 Å². The van der Waals surface area contributed by atoms with E-state index in [2.05, 4.69) is 4.90 Å². The monoisotopic (exact) mass is 265 g/mol. The maximum absolute atomic E-state index is 8.98. The average Bonchev–Trinajstić information content (AvgIpc) is 2.45. The van der Waals surface area contributed by atoms with E-state index in [-0.39, 0.29) is 0 Å². The smallest absolute Gasteiger partial charge is 0.423 e. The first-order chi connectivity index (χ1) is 9.25. The Morgan fingerprint density at radius 1 is 1.16 bits per heavy atom. The highest BCUT2D eigenvalue weighted by Gasteiger charge is 2.10. The maximum atomic E-state index is 8.98. The third-order valence-electron chi connectivity index (χ3n) is 3.20. The number of rotatable bonds is 6. The number of benzene rings is 1. The predicted molar refractivity (Wildman–Crippen MR) is 73.2 cm³/mol. The van der Waals surface area contributed by atoms with Crippen molar-refractivity contribution < 1.29 is 19.5 Å². The zero-order valence-electron chi connectivity index (χ0n) is 11.0. The van der Waals surface area contributed by atoms with Crippen molar-refractivity contribution in [2.24, 2.45) is 0 Å². The van der Waals surface area contributed by atoms with Crippen molar-refractivity contribution in [1.82, 2.24) is 4.90 Å². The molecule has 1 heterocycles. The lowest BCUT2D eigenvalue weighted by atomic mass is 9.80. The minimum absolute atomic E-state index is 0.497. The highest BCUT2D eigenvalue weighted by molar-refractivity contribution is 6.58. The van der Waals surface area contributed by atoms with E-state index < -0.39 is 7.12 Å². The van der Waals surface area contributed by atoms with Crippen LogP contribution < -0.4 is 5.46 Å². The lowest BCUT2D eigenvalue weighted by molar-refractivity contribution is 0.0180. The van der Waals surface area contributed by atoms with Gasteiger partial charge in [0.25, 0.3) is 0 Å². The van der Waals surface area contributed by atoms with Gasteiger partial charge in [-0.2, -0.15) is 0 Å². The fraction of sp³-hybridized carbons (Fsp3) is 0.538. The lowest BCUT2D eigenvalue weighted by Crippen LogP contribution is -2.38. The van der Waals surface area contributed by atoms with Crippen LogP contribution >= 0.6 is 0 Å². The molecule has 1 aromatic rings. The molecule has 6 heteroatoms. The second-order valence-electron chi connectivity index (χ2n) is 4.62. The van der Waals surface area contributed by atoms with E-state index in [0.29, 0.717) is 18.7 Å². The molecule has 0 radical (unpaired) electrons. The Kier molecular flexibility index (Phi) is 5.81. The van der Waals surface area contributed by atoms with E-state index in [1.54, 1.807) is 12.1 Å². The van der Waals surface area contributed by atoms with Crippen LogP contribution in [-0.4, -0.2) is 61.5 Å². The molecule has 0 aliphatic carbocycles. The molecule has 1 aromatic carbocycles. The van der Waals surface area contributed by atoms with Crippen LogP contribution in [0.4, 0.5) is 0 Å². The number of nitrogens with zero attached hydrogens (tertiary/aromatic N) is 1. The quantitative estimate of drug-likeness (QED) is 0.521. The van der Waals surface area contributed by atoms with E-state index in [4.69, 9.17) is 19.5 Å². The van der Waals surface area contributed by atoms with Crippen LogP contribution in [0.3, 0.4) is 0 Å². The van der Waals surface area contributed by atoms with Gasteiger partial charge in [0.2, 0.25) is 0 Å². The molecular weight excluding hydrogens is 245 g/mol. The number of hydrogen-bond acceptors (Lipinski definition) is 5. The van der Waals surface area contributed by atoms with Crippen molar-refractivity contribution in [3.63, 3.8) is 0 Å². The summed E-state index contributed by atoms with van der Waals surface area (Å²) in [5, 5.41) is 18.0. The van der Waals surface area contributed by atoms with Crippen LogP contribution in [0, 0.1) is 0 Å². The van der Waals surface area contributed by atoms with Gasteiger partial charge in [-0.25, -0.2) is 0 Å². The van der Waals surface area contributed by atoms with Gasteiger partial charge in [0.15, 0.2) is 0 Å². The van der Waals surface area contributed by atoms with E-state index in [1.165, 1.54) is 0 Å². The second kappa shape index (κ2) is 7.62. The third-order valence-corrected chi connectivity index (χ3v) is 3.20. The van der Waals surface area contributed by atoms with Gasteiger partial charge in [-0.3, -0.25) is 4.90 Å². The fourth-order valence-electron chi connectivity index (χ4n) is 1.99. The molecule has 0 unspecified atom stereocenters. The van der Waals surface area contributed by atoms with E-state index in [0.717, 1.165) is 38.4 Å². The van der Waals surface area contributed by atoms with Crippen molar-refractivity contribution in [1.29, 1.82) is 0 Å². The van der Waals surface area contributed by atoms with Crippen molar-refractivity contribution in [2.45, 2.75) is 6.61 Å². The molecule has 1 aliphatic rings. The largest absolute Gasteiger partial charge is 0.488 e. The standard InChI is InChI=1S/C13H20BNO4/c16-14(17)13-3-1-12(2-4-13)11-19-10-7-15-5-8-18-9-6-15/h1-4,16-17H,5-11H2. The van der Waals surface area contributed by atoms with Gasteiger partial charge in [-0.05, 0) is 11.0 Å². The minimum Gasteiger partial charge on any atom is -0.423 e. The summed E-state index contributed by atoms with van der Waals surface area (Å²) in [4.78, 5) is 2.33. The van der Waals surface area contributed by atoms with Gasteiger partial charge < -0.3 is 19.5 Å². The summed E-state index contributed by atoms with van der Waals surface area (Å²) in [6.07, 6.45) is 0. The Morgan fingerprint density at radius 2 is 1.84 bits per heavy atom. The molecule has 0 amide bonds. The summed E-state index contributed by atoms with van der Waals surface area (Å²) in [7, 11) is -1.41. The minimum atomic E-state index is -1.41. The van der Waals surface area contributed by atoms with Gasteiger partial charge in [0, 0.05) is 19.6 Å². The Morgan fingerprint density at radius 3 is 2.47 bits per heavy atom.